The SMILES string of the molecule is O[C@@H](CN[C@H]1CCc2ncnn2C1)COCc1ccc2c(c1)OCO2. The van der Waals surface area contributed by atoms with Gasteiger partial charge in [-0.3, -0.25) is 0 Å². The Bertz CT molecular complexity index is 720. The second-order valence-electron chi connectivity index (χ2n) is 6.36. The average molecular weight is 346 g/mol. The van der Waals surface area contributed by atoms with E-state index in [2.05, 4.69) is 15.4 Å². The Kier molecular flexibility index (Phi) is 4.82. The monoisotopic (exact) mass is 346 g/mol. The van der Waals surface area contributed by atoms with Gasteiger partial charge in [-0.1, -0.05) is 6.07 Å². The topological polar surface area (TPSA) is 90.7 Å². The molecule has 2 aliphatic heterocycles. The fraction of sp³-hybridized carbons (Fsp3) is 0.529. The van der Waals surface area contributed by atoms with Crippen LogP contribution >= 0.6 is 0 Å². The Morgan fingerprint density at radius 1 is 1.36 bits per heavy atom. The lowest BCUT2D eigenvalue weighted by Gasteiger charge is -2.24. The van der Waals surface area contributed by atoms with E-state index >= 15 is 0 Å². The summed E-state index contributed by atoms with van der Waals surface area (Å²) in [6.07, 6.45) is 2.96. The minimum Gasteiger partial charge on any atom is -0.454 e. The summed E-state index contributed by atoms with van der Waals surface area (Å²) >= 11 is 0. The summed E-state index contributed by atoms with van der Waals surface area (Å²) in [6, 6.07) is 6.03. The van der Waals surface area contributed by atoms with Crippen LogP contribution in [0.2, 0.25) is 0 Å². The molecule has 1 aromatic heterocycles. The maximum Gasteiger partial charge on any atom is 0.231 e. The molecule has 0 saturated heterocycles. The van der Waals surface area contributed by atoms with Crippen LogP contribution in [0.4, 0.5) is 0 Å². The van der Waals surface area contributed by atoms with Crippen molar-refractivity contribution in [2.75, 3.05) is 19.9 Å². The Labute approximate surface area is 145 Å². The van der Waals surface area contributed by atoms with Crippen molar-refractivity contribution < 1.29 is 19.3 Å². The van der Waals surface area contributed by atoms with E-state index in [1.807, 2.05) is 22.9 Å². The van der Waals surface area contributed by atoms with Gasteiger partial charge < -0.3 is 24.6 Å². The minimum absolute atomic E-state index is 0.265. The number of fused-ring (bicyclic) bond motifs is 2. The molecule has 4 rings (SSSR count). The van der Waals surface area contributed by atoms with Crippen molar-refractivity contribution in [1.82, 2.24) is 20.1 Å². The van der Waals surface area contributed by atoms with Gasteiger partial charge in [-0.25, -0.2) is 9.67 Å². The zero-order chi connectivity index (χ0) is 17.1. The highest BCUT2D eigenvalue weighted by atomic mass is 16.7. The third kappa shape index (κ3) is 3.92. The van der Waals surface area contributed by atoms with Crippen LogP contribution in [0.15, 0.2) is 24.5 Å². The van der Waals surface area contributed by atoms with Crippen molar-refractivity contribution in [1.29, 1.82) is 0 Å². The summed E-state index contributed by atoms with van der Waals surface area (Å²) < 4.78 is 18.2. The summed E-state index contributed by atoms with van der Waals surface area (Å²) in [5.41, 5.74) is 0.996. The van der Waals surface area contributed by atoms with Crippen LogP contribution in [0.5, 0.6) is 11.5 Å². The summed E-state index contributed by atoms with van der Waals surface area (Å²) in [6.45, 7) is 2.26. The molecule has 0 fully saturated rings. The molecule has 134 valence electrons. The molecule has 25 heavy (non-hydrogen) atoms. The summed E-state index contributed by atoms with van der Waals surface area (Å²) in [5.74, 6) is 2.54. The Morgan fingerprint density at radius 3 is 3.24 bits per heavy atom. The second-order valence-corrected chi connectivity index (χ2v) is 6.36. The summed E-state index contributed by atoms with van der Waals surface area (Å²) in [7, 11) is 0. The molecule has 3 heterocycles. The second kappa shape index (κ2) is 7.38. The zero-order valence-corrected chi connectivity index (χ0v) is 13.9. The van der Waals surface area contributed by atoms with E-state index in [0.717, 1.165) is 42.3 Å². The standard InChI is InChI=1S/C17H22N4O4/c22-14(6-18-13-2-4-17-19-10-20-21(17)7-13)9-23-8-12-1-3-15-16(5-12)25-11-24-15/h1,3,5,10,13-14,18,22H,2,4,6-9,11H2/t13-,14-/m0/s1. The van der Waals surface area contributed by atoms with Gasteiger partial charge >= 0.3 is 0 Å². The molecule has 0 amide bonds. The highest BCUT2D eigenvalue weighted by Crippen LogP contribution is 2.32. The minimum atomic E-state index is -0.550. The van der Waals surface area contributed by atoms with Crippen molar-refractivity contribution in [2.24, 2.45) is 0 Å². The number of nitrogens with zero attached hydrogens (tertiary/aromatic N) is 3. The fourth-order valence-corrected chi connectivity index (χ4v) is 3.11. The van der Waals surface area contributed by atoms with Crippen LogP contribution < -0.4 is 14.8 Å². The lowest BCUT2D eigenvalue weighted by Crippen LogP contribution is -2.42. The van der Waals surface area contributed by atoms with Gasteiger partial charge in [0.05, 0.1) is 25.9 Å². The first-order valence-corrected chi connectivity index (χ1v) is 8.52. The molecule has 0 bridgehead atoms. The van der Waals surface area contributed by atoms with Crippen LogP contribution in [0.1, 0.15) is 17.8 Å². The lowest BCUT2D eigenvalue weighted by molar-refractivity contribution is 0.0269. The molecule has 2 aromatic rings. The van der Waals surface area contributed by atoms with Gasteiger partial charge in [0.25, 0.3) is 0 Å². The maximum atomic E-state index is 10.1. The van der Waals surface area contributed by atoms with Gasteiger partial charge in [-0.2, -0.15) is 5.10 Å². The van der Waals surface area contributed by atoms with Gasteiger partial charge in [0.2, 0.25) is 6.79 Å². The molecule has 0 radical (unpaired) electrons. The van der Waals surface area contributed by atoms with Crippen molar-refractivity contribution in [2.45, 2.75) is 38.1 Å². The zero-order valence-electron chi connectivity index (χ0n) is 13.9. The first-order chi connectivity index (χ1) is 12.3. The number of aryl methyl sites for hydroxylation is 1. The Hall–Kier alpha value is -2.16. The average Bonchev–Trinajstić information content (AvgIpc) is 3.28. The quantitative estimate of drug-likeness (QED) is 0.754. The van der Waals surface area contributed by atoms with E-state index in [-0.39, 0.29) is 13.4 Å². The Morgan fingerprint density at radius 2 is 2.28 bits per heavy atom. The van der Waals surface area contributed by atoms with Crippen LogP contribution in [-0.4, -0.2) is 52.0 Å². The number of aliphatic hydroxyl groups excluding tert-OH is 1. The highest BCUT2D eigenvalue weighted by Gasteiger charge is 2.20. The van der Waals surface area contributed by atoms with E-state index in [0.29, 0.717) is 19.2 Å². The van der Waals surface area contributed by atoms with E-state index in [1.54, 1.807) is 6.33 Å². The van der Waals surface area contributed by atoms with E-state index in [9.17, 15) is 5.11 Å². The predicted molar refractivity (Wildman–Crippen MR) is 88.4 cm³/mol. The fourth-order valence-electron chi connectivity index (χ4n) is 3.11. The molecule has 0 saturated carbocycles. The molecular formula is C17H22N4O4. The molecule has 8 heteroatoms. The molecule has 2 aliphatic rings. The van der Waals surface area contributed by atoms with Crippen LogP contribution in [0.3, 0.4) is 0 Å². The van der Waals surface area contributed by atoms with Crippen LogP contribution in [0, 0.1) is 0 Å². The Balaban J connectivity index is 1.17. The smallest absolute Gasteiger partial charge is 0.231 e. The molecular weight excluding hydrogens is 324 g/mol. The van der Waals surface area contributed by atoms with Crippen LogP contribution in [-0.2, 0) is 24.3 Å². The first-order valence-electron chi connectivity index (χ1n) is 8.52. The first kappa shape index (κ1) is 16.3. The number of hydrogen-bond donors (Lipinski definition) is 2. The number of aromatic nitrogens is 3. The number of rotatable bonds is 7. The highest BCUT2D eigenvalue weighted by molar-refractivity contribution is 5.44. The van der Waals surface area contributed by atoms with Gasteiger partial charge in [0, 0.05) is 19.0 Å². The van der Waals surface area contributed by atoms with E-state index < -0.39 is 6.10 Å². The number of aliphatic hydroxyl groups is 1. The van der Waals surface area contributed by atoms with E-state index in [4.69, 9.17) is 14.2 Å². The molecule has 8 nitrogen and oxygen atoms in total. The van der Waals surface area contributed by atoms with Gasteiger partial charge in [0.15, 0.2) is 11.5 Å². The predicted octanol–water partition coefficient (Wildman–Crippen LogP) is 0.489. The maximum absolute atomic E-state index is 10.1. The number of benzene rings is 1. The third-order valence-electron chi connectivity index (χ3n) is 4.46. The summed E-state index contributed by atoms with van der Waals surface area (Å²) in [4.78, 5) is 4.22. The number of ether oxygens (including phenoxy) is 3. The third-order valence-corrected chi connectivity index (χ3v) is 4.46. The lowest BCUT2D eigenvalue weighted by atomic mass is 10.1. The molecule has 0 spiro atoms. The molecule has 0 aliphatic carbocycles. The van der Waals surface area contributed by atoms with Crippen molar-refractivity contribution in [3.05, 3.63) is 35.9 Å². The van der Waals surface area contributed by atoms with Gasteiger partial charge in [-0.05, 0) is 24.1 Å². The molecule has 0 unspecified atom stereocenters. The van der Waals surface area contributed by atoms with Gasteiger partial charge in [-0.15, -0.1) is 0 Å². The number of hydrogen-bond acceptors (Lipinski definition) is 7. The van der Waals surface area contributed by atoms with Crippen molar-refractivity contribution >= 4 is 0 Å². The van der Waals surface area contributed by atoms with Crippen molar-refractivity contribution in [3.8, 4) is 11.5 Å². The van der Waals surface area contributed by atoms with Gasteiger partial charge in [0.1, 0.15) is 12.2 Å². The number of nitrogens with one attached hydrogen (secondary N) is 1. The summed E-state index contributed by atoms with van der Waals surface area (Å²) in [5, 5.41) is 17.7. The largest absolute Gasteiger partial charge is 0.454 e. The normalized spacial score (nSPS) is 19.6. The molecule has 1 aromatic carbocycles. The van der Waals surface area contributed by atoms with Crippen molar-refractivity contribution in [3.63, 3.8) is 0 Å². The van der Waals surface area contributed by atoms with Crippen LogP contribution in [0.25, 0.3) is 0 Å². The molecule has 2 atom stereocenters. The van der Waals surface area contributed by atoms with E-state index in [1.165, 1.54) is 0 Å². The molecule has 2 N–H and O–H groups in total.